The van der Waals surface area contributed by atoms with Gasteiger partial charge in [-0.1, -0.05) is 0 Å². The zero-order chi connectivity index (χ0) is 8.15. The second-order valence-electron chi connectivity index (χ2n) is 1.60. The molecule has 0 aliphatic heterocycles. The van der Waals surface area contributed by atoms with E-state index in [4.69, 9.17) is 0 Å². The van der Waals surface area contributed by atoms with Crippen molar-refractivity contribution in [1.29, 1.82) is 0 Å². The van der Waals surface area contributed by atoms with Crippen molar-refractivity contribution in [2.75, 3.05) is 12.9 Å². The molecule has 3 nitrogen and oxygen atoms in total. The second kappa shape index (κ2) is 4.35. The van der Waals surface area contributed by atoms with Gasteiger partial charge < -0.3 is 9.29 Å². The maximum absolute atomic E-state index is 10.7. The highest BCUT2D eigenvalue weighted by Gasteiger charge is 2.16. The molecule has 58 valence electrons. The van der Waals surface area contributed by atoms with Gasteiger partial charge in [0.2, 0.25) is 4.91 Å². The van der Waals surface area contributed by atoms with Gasteiger partial charge in [-0.3, -0.25) is 0 Å². The van der Waals surface area contributed by atoms with Crippen LogP contribution in [0.3, 0.4) is 0 Å². The van der Waals surface area contributed by atoms with E-state index in [0.717, 1.165) is 0 Å². The lowest BCUT2D eigenvalue weighted by Crippen LogP contribution is -2.13. The van der Waals surface area contributed by atoms with Crippen LogP contribution in [0.15, 0.2) is 11.5 Å². The van der Waals surface area contributed by atoms with Gasteiger partial charge in [0.05, 0.1) is 6.61 Å². The fourth-order valence-electron chi connectivity index (χ4n) is 0.329. The molecule has 0 heterocycles. The molecule has 4 heteroatoms. The van der Waals surface area contributed by atoms with Crippen molar-refractivity contribution in [1.82, 2.24) is 0 Å². The van der Waals surface area contributed by atoms with Crippen LogP contribution in [0.1, 0.15) is 6.92 Å². The lowest BCUT2D eigenvalue weighted by atomic mass is 10.6. The molecule has 1 atom stereocenters. The Hall–Kier alpha value is -0.480. The third kappa shape index (κ3) is 2.89. The van der Waals surface area contributed by atoms with Gasteiger partial charge in [0.25, 0.3) is 0 Å². The van der Waals surface area contributed by atoms with Crippen LogP contribution in [0, 0.1) is 0 Å². The summed E-state index contributed by atoms with van der Waals surface area (Å²) in [5.41, 5.74) is 0. The van der Waals surface area contributed by atoms with Crippen LogP contribution in [0.2, 0.25) is 0 Å². The number of carbonyl (C=O) groups is 1. The molecule has 0 amide bonds. The highest BCUT2D eigenvalue weighted by Crippen LogP contribution is 2.02. The van der Waals surface area contributed by atoms with Crippen molar-refractivity contribution in [2.45, 2.75) is 6.92 Å². The van der Waals surface area contributed by atoms with Gasteiger partial charge in [0.1, 0.15) is 6.26 Å². The normalized spacial score (nSPS) is 12.3. The molecule has 0 aromatic rings. The maximum Gasteiger partial charge on any atom is 0.386 e. The van der Waals surface area contributed by atoms with E-state index in [1.54, 1.807) is 6.92 Å². The van der Waals surface area contributed by atoms with E-state index in [2.05, 4.69) is 11.3 Å². The molecule has 0 saturated carbocycles. The Morgan fingerprint density at radius 1 is 1.80 bits per heavy atom. The number of hydrogen-bond donors (Lipinski definition) is 0. The van der Waals surface area contributed by atoms with Crippen LogP contribution in [-0.4, -0.2) is 23.4 Å². The Labute approximate surface area is 63.2 Å². The van der Waals surface area contributed by atoms with Crippen molar-refractivity contribution in [2.24, 2.45) is 0 Å². The fourth-order valence-corrected chi connectivity index (χ4v) is 0.623. The van der Waals surface area contributed by atoms with Crippen LogP contribution in [0.5, 0.6) is 0 Å². The molecule has 0 bridgehead atoms. The van der Waals surface area contributed by atoms with Crippen LogP contribution in [0.25, 0.3) is 0 Å². The molecule has 0 aliphatic carbocycles. The molecule has 1 unspecified atom stereocenters. The van der Waals surface area contributed by atoms with Crippen LogP contribution in [-0.2, 0) is 20.7 Å². The van der Waals surface area contributed by atoms with Crippen molar-refractivity contribution in [3.05, 3.63) is 11.5 Å². The van der Waals surface area contributed by atoms with E-state index in [9.17, 15) is 9.35 Å². The minimum absolute atomic E-state index is 0.0156. The summed E-state index contributed by atoms with van der Waals surface area (Å²) >= 11 is -1.31. The first-order valence-corrected chi connectivity index (χ1v) is 4.34. The van der Waals surface area contributed by atoms with Crippen LogP contribution < -0.4 is 0 Å². The molecular weight excluding hydrogens is 152 g/mol. The first kappa shape index (κ1) is 9.52. The smallest absolute Gasteiger partial charge is 0.386 e. The highest BCUT2D eigenvalue weighted by molar-refractivity contribution is 7.95. The summed E-state index contributed by atoms with van der Waals surface area (Å²) < 4.78 is 15.1. The molecule has 0 radical (unpaired) electrons. The monoisotopic (exact) mass is 162 g/mol. The van der Waals surface area contributed by atoms with E-state index in [1.165, 1.54) is 6.26 Å². The molecule has 0 aromatic heterocycles. The standard InChI is InChI=1S/C6H10O3S/c1-4-9-6(7)5(2)10(3)8/h2,4H2,1,3H3. The topological polar surface area (TPSA) is 49.4 Å². The van der Waals surface area contributed by atoms with E-state index in [-0.39, 0.29) is 11.5 Å². The quantitative estimate of drug-likeness (QED) is 0.344. The van der Waals surface area contributed by atoms with Gasteiger partial charge in [-0.15, -0.1) is 0 Å². The molecule has 0 N–H and O–H groups in total. The predicted octanol–water partition coefficient (Wildman–Crippen LogP) is 0.442. The third-order valence-electron chi connectivity index (χ3n) is 0.850. The highest BCUT2D eigenvalue weighted by atomic mass is 32.2. The minimum atomic E-state index is -1.31. The van der Waals surface area contributed by atoms with Gasteiger partial charge in [-0.25, -0.2) is 4.79 Å². The third-order valence-corrected chi connectivity index (χ3v) is 1.71. The van der Waals surface area contributed by atoms with Crippen molar-refractivity contribution >= 4 is 17.1 Å². The fraction of sp³-hybridized carbons (Fsp3) is 0.500. The second-order valence-corrected chi connectivity index (χ2v) is 3.00. The first-order valence-electron chi connectivity index (χ1n) is 2.79. The lowest BCUT2D eigenvalue weighted by Gasteiger charge is -2.05. The Morgan fingerprint density at radius 3 is 2.60 bits per heavy atom. The molecule has 0 spiro atoms. The van der Waals surface area contributed by atoms with Crippen molar-refractivity contribution in [3.63, 3.8) is 0 Å². The average molecular weight is 162 g/mol. The summed E-state index contributed by atoms with van der Waals surface area (Å²) in [5.74, 6) is -0.580. The number of hydrogen-bond acceptors (Lipinski definition) is 3. The number of carbonyl (C=O) groups excluding carboxylic acids is 1. The molecule has 0 aliphatic rings. The van der Waals surface area contributed by atoms with Crippen LogP contribution in [0.4, 0.5) is 0 Å². The van der Waals surface area contributed by atoms with Gasteiger partial charge >= 0.3 is 5.97 Å². The summed E-state index contributed by atoms with van der Waals surface area (Å²) in [6.07, 6.45) is 1.39. The van der Waals surface area contributed by atoms with Gasteiger partial charge in [0, 0.05) is 0 Å². The first-order chi connectivity index (χ1) is 4.59. The largest absolute Gasteiger partial charge is 0.611 e. The van der Waals surface area contributed by atoms with Crippen molar-refractivity contribution in [3.8, 4) is 0 Å². The molecule has 0 fully saturated rings. The molecule has 0 saturated heterocycles. The van der Waals surface area contributed by atoms with E-state index in [0.29, 0.717) is 0 Å². The molecular formula is C6H10O3S. The summed E-state index contributed by atoms with van der Waals surface area (Å²) in [6, 6.07) is 0. The zero-order valence-electron chi connectivity index (χ0n) is 6.05. The van der Waals surface area contributed by atoms with E-state index in [1.807, 2.05) is 0 Å². The Bertz CT molecular complexity index is 142. The van der Waals surface area contributed by atoms with Crippen LogP contribution >= 0.6 is 0 Å². The SMILES string of the molecule is C=C(C(=O)OCC)[S+](C)[O-]. The maximum atomic E-state index is 10.7. The number of ether oxygens (including phenoxy) is 1. The molecule has 0 rings (SSSR count). The van der Waals surface area contributed by atoms with Gasteiger partial charge in [-0.2, -0.15) is 0 Å². The van der Waals surface area contributed by atoms with Crippen molar-refractivity contribution < 1.29 is 14.1 Å². The lowest BCUT2D eigenvalue weighted by molar-refractivity contribution is -0.137. The minimum Gasteiger partial charge on any atom is -0.611 e. The summed E-state index contributed by atoms with van der Waals surface area (Å²) in [7, 11) is 0. The Kier molecular flexibility index (Phi) is 4.14. The Balaban J connectivity index is 3.83. The van der Waals surface area contributed by atoms with Gasteiger partial charge in [-0.05, 0) is 24.7 Å². The average Bonchev–Trinajstić information content (AvgIpc) is 1.87. The summed E-state index contributed by atoms with van der Waals surface area (Å²) in [5, 5.41) is 0. The van der Waals surface area contributed by atoms with E-state index >= 15 is 0 Å². The summed E-state index contributed by atoms with van der Waals surface area (Å²) in [6.45, 7) is 5.27. The summed E-state index contributed by atoms with van der Waals surface area (Å²) in [4.78, 5) is 10.7. The molecule has 10 heavy (non-hydrogen) atoms. The van der Waals surface area contributed by atoms with E-state index < -0.39 is 17.1 Å². The number of rotatable bonds is 3. The molecule has 0 aromatic carbocycles. The number of esters is 1. The predicted molar refractivity (Wildman–Crippen MR) is 39.8 cm³/mol. The van der Waals surface area contributed by atoms with Gasteiger partial charge in [0.15, 0.2) is 0 Å². The Morgan fingerprint density at radius 2 is 2.30 bits per heavy atom. The zero-order valence-corrected chi connectivity index (χ0v) is 6.86.